The van der Waals surface area contributed by atoms with Crippen molar-refractivity contribution < 1.29 is 17.7 Å². The van der Waals surface area contributed by atoms with E-state index in [1.165, 1.54) is 5.56 Å². The van der Waals surface area contributed by atoms with Crippen LogP contribution in [0.4, 0.5) is 0 Å². The fourth-order valence-corrected chi connectivity index (χ4v) is 8.09. The number of hydrogen-bond donors (Lipinski definition) is 0. The number of benzene rings is 8. The van der Waals surface area contributed by atoms with Crippen LogP contribution in [-0.4, -0.2) is 0 Å². The monoisotopic (exact) mass is 666 g/mol. The van der Waals surface area contributed by atoms with Crippen molar-refractivity contribution in [2.45, 2.75) is 0 Å². The first-order valence-corrected chi connectivity index (χ1v) is 17.5. The molecule has 4 heteroatoms. The predicted octanol–water partition coefficient (Wildman–Crippen LogP) is 14.3. The van der Waals surface area contributed by atoms with E-state index in [2.05, 4.69) is 127 Å². The molecular weight excluding hydrogens is 641 g/mol. The smallest absolute Gasteiger partial charge is 0.178 e. The van der Waals surface area contributed by atoms with Gasteiger partial charge in [-0.15, -0.1) is 0 Å². The molecule has 12 rings (SSSR count). The van der Waals surface area contributed by atoms with Crippen molar-refractivity contribution in [3.63, 3.8) is 0 Å². The minimum absolute atomic E-state index is 0.779. The number of rotatable bonds is 3. The normalized spacial score (nSPS) is 12.2. The molecule has 4 aromatic heterocycles. The molecular formula is C48H26O4. The van der Waals surface area contributed by atoms with Gasteiger partial charge in [-0.2, -0.15) is 0 Å². The highest BCUT2D eigenvalue weighted by atomic mass is 16.4. The molecule has 8 aromatic carbocycles. The van der Waals surface area contributed by atoms with E-state index in [-0.39, 0.29) is 0 Å². The zero-order chi connectivity index (χ0) is 33.9. The van der Waals surface area contributed by atoms with E-state index in [1.54, 1.807) is 0 Å². The van der Waals surface area contributed by atoms with Crippen LogP contribution in [0.25, 0.3) is 121 Å². The van der Waals surface area contributed by atoms with Gasteiger partial charge in [0.25, 0.3) is 0 Å². The zero-order valence-electron chi connectivity index (χ0n) is 27.6. The second-order valence-electron chi connectivity index (χ2n) is 13.6. The van der Waals surface area contributed by atoms with Crippen molar-refractivity contribution in [1.29, 1.82) is 0 Å². The van der Waals surface area contributed by atoms with Gasteiger partial charge in [0, 0.05) is 49.2 Å². The van der Waals surface area contributed by atoms with Crippen molar-refractivity contribution in [2.24, 2.45) is 0 Å². The lowest BCUT2D eigenvalue weighted by molar-refractivity contribution is 0.633. The SMILES string of the molecule is c1ccc(-c2ccc3oc4c(ccc5c6cc(-c7ccc(-c8ccc9oc%10cc%11oc%12ccccc%12c%11cc%10c9c8)cc7)ccc6oc54)c3c2)cc1. The minimum atomic E-state index is 0.779. The van der Waals surface area contributed by atoms with Crippen molar-refractivity contribution in [3.05, 3.63) is 158 Å². The Balaban J connectivity index is 0.912. The molecule has 0 saturated heterocycles. The lowest BCUT2D eigenvalue weighted by Gasteiger charge is -2.06. The van der Waals surface area contributed by atoms with Crippen molar-refractivity contribution in [3.8, 4) is 33.4 Å². The summed E-state index contributed by atoms with van der Waals surface area (Å²) < 4.78 is 25.3. The molecule has 0 fully saturated rings. The largest absolute Gasteiger partial charge is 0.456 e. The summed E-state index contributed by atoms with van der Waals surface area (Å²) in [7, 11) is 0. The Kier molecular flexibility index (Phi) is 5.47. The first-order chi connectivity index (χ1) is 25.7. The highest BCUT2D eigenvalue weighted by Crippen LogP contribution is 2.42. The summed E-state index contributed by atoms with van der Waals surface area (Å²) in [6.45, 7) is 0. The number of fused-ring (bicyclic) bond motifs is 13. The lowest BCUT2D eigenvalue weighted by Crippen LogP contribution is -1.81. The quantitative estimate of drug-likeness (QED) is 0.188. The maximum atomic E-state index is 6.47. The molecule has 0 aliphatic rings. The highest BCUT2D eigenvalue weighted by Gasteiger charge is 2.18. The Hall–Kier alpha value is -7.04. The van der Waals surface area contributed by atoms with Gasteiger partial charge in [0.05, 0.1) is 0 Å². The third-order valence-electron chi connectivity index (χ3n) is 10.7. The maximum Gasteiger partial charge on any atom is 0.178 e. The van der Waals surface area contributed by atoms with Gasteiger partial charge in [-0.25, -0.2) is 0 Å². The van der Waals surface area contributed by atoms with Gasteiger partial charge < -0.3 is 17.7 Å². The van der Waals surface area contributed by atoms with Gasteiger partial charge in [0.15, 0.2) is 11.2 Å². The standard InChI is InChI=1S/C48H26O4/c1-2-6-27(7-3-1)30-15-20-43-36(22-30)34-17-18-35-37-23-31(16-21-44(37)52-48(35)47(34)51-43)28-10-12-29(13-11-28)32-14-19-42-38(24-32)40-25-39-33-8-4-5-9-41(33)49-45(39)26-46(40)50-42/h1-26H. The molecule has 0 saturated carbocycles. The lowest BCUT2D eigenvalue weighted by atomic mass is 9.98. The molecule has 0 unspecified atom stereocenters. The van der Waals surface area contributed by atoms with Gasteiger partial charge in [0.1, 0.15) is 33.5 Å². The summed E-state index contributed by atoms with van der Waals surface area (Å²) in [5, 5.41) is 8.65. The van der Waals surface area contributed by atoms with Crippen molar-refractivity contribution >= 4 is 87.8 Å². The molecule has 0 radical (unpaired) electrons. The maximum absolute atomic E-state index is 6.47. The Morgan fingerprint density at radius 1 is 0.212 bits per heavy atom. The van der Waals surface area contributed by atoms with Crippen molar-refractivity contribution in [1.82, 2.24) is 0 Å². The molecule has 0 N–H and O–H groups in total. The molecule has 242 valence electrons. The molecule has 4 nitrogen and oxygen atoms in total. The Bertz CT molecular complexity index is 3390. The van der Waals surface area contributed by atoms with E-state index in [0.29, 0.717) is 0 Å². The third kappa shape index (κ3) is 3.97. The Labute approximate surface area is 295 Å². The molecule has 0 bridgehead atoms. The Morgan fingerprint density at radius 3 is 1.19 bits per heavy atom. The molecule has 0 aliphatic heterocycles. The number of furan rings is 4. The first-order valence-electron chi connectivity index (χ1n) is 17.5. The molecule has 4 heterocycles. The van der Waals surface area contributed by atoms with Gasteiger partial charge in [0.2, 0.25) is 0 Å². The summed E-state index contributed by atoms with van der Waals surface area (Å²) in [4.78, 5) is 0. The average molecular weight is 667 g/mol. The summed E-state index contributed by atoms with van der Waals surface area (Å²) >= 11 is 0. The summed E-state index contributed by atoms with van der Waals surface area (Å²) in [5.41, 5.74) is 13.6. The number of para-hydroxylation sites is 1. The molecule has 0 atom stereocenters. The zero-order valence-corrected chi connectivity index (χ0v) is 27.6. The summed E-state index contributed by atoms with van der Waals surface area (Å²) in [6, 6.07) is 55.2. The highest BCUT2D eigenvalue weighted by molar-refractivity contribution is 6.20. The van der Waals surface area contributed by atoms with Gasteiger partial charge in [-0.1, -0.05) is 91.0 Å². The number of hydrogen-bond acceptors (Lipinski definition) is 4. The molecule has 0 amide bonds. The predicted molar refractivity (Wildman–Crippen MR) is 212 cm³/mol. The third-order valence-corrected chi connectivity index (χ3v) is 10.7. The fraction of sp³-hybridized carbons (Fsp3) is 0. The van der Waals surface area contributed by atoms with Crippen molar-refractivity contribution in [2.75, 3.05) is 0 Å². The van der Waals surface area contributed by atoms with Crippen LogP contribution >= 0.6 is 0 Å². The summed E-state index contributed by atoms with van der Waals surface area (Å²) in [5.74, 6) is 0. The Morgan fingerprint density at radius 2 is 0.615 bits per heavy atom. The average Bonchev–Trinajstić information content (AvgIpc) is 3.96. The molecule has 0 spiro atoms. The summed E-state index contributed by atoms with van der Waals surface area (Å²) in [6.07, 6.45) is 0. The second kappa shape index (κ2) is 10.3. The van der Waals surface area contributed by atoms with Gasteiger partial charge in [-0.3, -0.25) is 0 Å². The van der Waals surface area contributed by atoms with E-state index in [4.69, 9.17) is 17.7 Å². The van der Waals surface area contributed by atoms with Crippen LogP contribution in [0.1, 0.15) is 0 Å². The molecule has 12 aromatic rings. The first kappa shape index (κ1) is 27.7. The van der Waals surface area contributed by atoms with Crippen LogP contribution in [0, 0.1) is 0 Å². The van der Waals surface area contributed by atoms with Gasteiger partial charge in [-0.05, 0) is 94.0 Å². The van der Waals surface area contributed by atoms with Gasteiger partial charge >= 0.3 is 0 Å². The minimum Gasteiger partial charge on any atom is -0.456 e. The van der Waals surface area contributed by atoms with E-state index >= 15 is 0 Å². The van der Waals surface area contributed by atoms with Crippen LogP contribution in [0.2, 0.25) is 0 Å². The van der Waals surface area contributed by atoms with E-state index in [9.17, 15) is 0 Å². The fourth-order valence-electron chi connectivity index (χ4n) is 8.09. The van der Waals surface area contributed by atoms with Crippen LogP contribution in [0.3, 0.4) is 0 Å². The van der Waals surface area contributed by atoms with Crippen LogP contribution in [0.15, 0.2) is 175 Å². The van der Waals surface area contributed by atoms with Crippen LogP contribution < -0.4 is 0 Å². The molecule has 52 heavy (non-hydrogen) atoms. The topological polar surface area (TPSA) is 52.6 Å². The molecule has 0 aliphatic carbocycles. The second-order valence-corrected chi connectivity index (χ2v) is 13.6. The van der Waals surface area contributed by atoms with Crippen LogP contribution in [0.5, 0.6) is 0 Å². The van der Waals surface area contributed by atoms with E-state index in [0.717, 1.165) is 116 Å². The van der Waals surface area contributed by atoms with E-state index < -0.39 is 0 Å². The van der Waals surface area contributed by atoms with E-state index in [1.807, 2.05) is 30.3 Å². The van der Waals surface area contributed by atoms with Crippen LogP contribution in [-0.2, 0) is 0 Å².